The molecule has 3 rings (SSSR count). The second kappa shape index (κ2) is 8.09. The molecular formula is C18H22ClN3O. The van der Waals surface area contributed by atoms with Gasteiger partial charge in [-0.05, 0) is 35.7 Å². The van der Waals surface area contributed by atoms with Gasteiger partial charge >= 0.3 is 0 Å². The van der Waals surface area contributed by atoms with Crippen LogP contribution in [0.2, 0.25) is 0 Å². The Kier molecular flexibility index (Phi) is 6.13. The number of piperazine rings is 1. The van der Waals surface area contributed by atoms with Crippen molar-refractivity contribution in [1.29, 1.82) is 0 Å². The van der Waals surface area contributed by atoms with E-state index in [2.05, 4.69) is 17.2 Å². The second-order valence-electron chi connectivity index (χ2n) is 5.56. The number of rotatable bonds is 3. The van der Waals surface area contributed by atoms with Crippen molar-refractivity contribution in [3.05, 3.63) is 65.5 Å². The lowest BCUT2D eigenvalue weighted by molar-refractivity contribution is 0.0634. The van der Waals surface area contributed by atoms with Crippen molar-refractivity contribution in [2.45, 2.75) is 19.4 Å². The third-order valence-corrected chi connectivity index (χ3v) is 4.18. The van der Waals surface area contributed by atoms with Gasteiger partial charge < -0.3 is 10.2 Å². The quantitative estimate of drug-likeness (QED) is 0.940. The van der Waals surface area contributed by atoms with Crippen molar-refractivity contribution in [2.75, 3.05) is 19.6 Å². The summed E-state index contributed by atoms with van der Waals surface area (Å²) < 4.78 is 0. The normalized spacial score (nSPS) is 17.4. The molecule has 0 bridgehead atoms. The average molecular weight is 332 g/mol. The van der Waals surface area contributed by atoms with E-state index in [0.29, 0.717) is 6.54 Å². The highest BCUT2D eigenvalue weighted by Crippen LogP contribution is 2.23. The minimum Gasteiger partial charge on any atom is -0.329 e. The van der Waals surface area contributed by atoms with Crippen LogP contribution in [0.15, 0.2) is 48.8 Å². The predicted molar refractivity (Wildman–Crippen MR) is 94.0 cm³/mol. The highest BCUT2D eigenvalue weighted by Gasteiger charge is 2.28. The molecule has 1 aliphatic rings. The van der Waals surface area contributed by atoms with Crippen LogP contribution < -0.4 is 5.32 Å². The topological polar surface area (TPSA) is 45.2 Å². The first-order valence-corrected chi connectivity index (χ1v) is 7.80. The van der Waals surface area contributed by atoms with Gasteiger partial charge in [0.05, 0.1) is 6.04 Å². The van der Waals surface area contributed by atoms with Gasteiger partial charge in [0.25, 0.3) is 5.91 Å². The van der Waals surface area contributed by atoms with Crippen LogP contribution in [0.1, 0.15) is 34.5 Å². The maximum atomic E-state index is 12.9. The van der Waals surface area contributed by atoms with E-state index in [-0.39, 0.29) is 24.4 Å². The third kappa shape index (κ3) is 3.89. The smallest absolute Gasteiger partial charge is 0.254 e. The number of halogens is 1. The summed E-state index contributed by atoms with van der Waals surface area (Å²) in [4.78, 5) is 19.0. The molecule has 0 spiro atoms. The van der Waals surface area contributed by atoms with E-state index in [1.807, 2.05) is 47.5 Å². The molecule has 2 heterocycles. The fourth-order valence-electron chi connectivity index (χ4n) is 2.87. The molecule has 1 aliphatic heterocycles. The summed E-state index contributed by atoms with van der Waals surface area (Å²) in [7, 11) is 0. The lowest BCUT2D eigenvalue weighted by Crippen LogP contribution is -2.48. The Morgan fingerprint density at radius 2 is 2.09 bits per heavy atom. The molecule has 1 amide bonds. The highest BCUT2D eigenvalue weighted by atomic mass is 35.5. The van der Waals surface area contributed by atoms with E-state index in [4.69, 9.17) is 0 Å². The first kappa shape index (κ1) is 17.4. The number of nitrogens with one attached hydrogen (secondary N) is 1. The van der Waals surface area contributed by atoms with Crippen molar-refractivity contribution in [2.24, 2.45) is 0 Å². The highest BCUT2D eigenvalue weighted by molar-refractivity contribution is 5.94. The molecule has 1 atom stereocenters. The molecule has 1 N–H and O–H groups in total. The van der Waals surface area contributed by atoms with Crippen molar-refractivity contribution < 1.29 is 4.79 Å². The molecule has 1 aromatic carbocycles. The summed E-state index contributed by atoms with van der Waals surface area (Å²) in [6.07, 6.45) is 4.59. The molecule has 1 saturated heterocycles. The average Bonchev–Trinajstić information content (AvgIpc) is 2.62. The Morgan fingerprint density at radius 1 is 1.30 bits per heavy atom. The van der Waals surface area contributed by atoms with Crippen molar-refractivity contribution >= 4 is 18.3 Å². The minimum absolute atomic E-state index is 0. The summed E-state index contributed by atoms with van der Waals surface area (Å²) in [6.45, 7) is 4.43. The van der Waals surface area contributed by atoms with Crippen molar-refractivity contribution in [3.63, 3.8) is 0 Å². The number of pyridine rings is 1. The summed E-state index contributed by atoms with van der Waals surface area (Å²) in [5.41, 5.74) is 3.09. The van der Waals surface area contributed by atoms with Crippen LogP contribution >= 0.6 is 12.4 Å². The predicted octanol–water partition coefficient (Wildman–Crippen LogP) is 2.85. The van der Waals surface area contributed by atoms with Crippen LogP contribution in [0.5, 0.6) is 0 Å². The maximum Gasteiger partial charge on any atom is 0.254 e. The van der Waals surface area contributed by atoms with Crippen LogP contribution in [0.25, 0.3) is 0 Å². The summed E-state index contributed by atoms with van der Waals surface area (Å²) >= 11 is 0. The third-order valence-electron chi connectivity index (χ3n) is 4.18. The Hall–Kier alpha value is -1.91. The standard InChI is InChI=1S/C18H21N3O.ClH/c1-2-14-5-7-15(8-6-14)18(22)21-11-10-20-13-17(21)16-4-3-9-19-12-16;/h3-9,12,17,20H,2,10-11,13H2,1H3;1H. The first-order chi connectivity index (χ1) is 10.8. The van der Waals surface area contributed by atoms with E-state index in [0.717, 1.165) is 30.6 Å². The second-order valence-corrected chi connectivity index (χ2v) is 5.56. The van der Waals surface area contributed by atoms with E-state index in [9.17, 15) is 4.79 Å². The van der Waals surface area contributed by atoms with Gasteiger partial charge in [-0.15, -0.1) is 12.4 Å². The summed E-state index contributed by atoms with van der Waals surface area (Å²) in [5, 5.41) is 3.37. The number of aryl methyl sites for hydroxylation is 1. The number of nitrogens with zero attached hydrogens (tertiary/aromatic N) is 2. The molecule has 1 fully saturated rings. The van der Waals surface area contributed by atoms with E-state index >= 15 is 0 Å². The lowest BCUT2D eigenvalue weighted by atomic mass is 10.0. The van der Waals surface area contributed by atoms with E-state index in [1.165, 1.54) is 5.56 Å². The van der Waals surface area contributed by atoms with Crippen molar-refractivity contribution in [3.8, 4) is 0 Å². The largest absolute Gasteiger partial charge is 0.329 e. The van der Waals surface area contributed by atoms with Gasteiger partial charge in [0.15, 0.2) is 0 Å². The van der Waals surface area contributed by atoms with Gasteiger partial charge in [0.2, 0.25) is 0 Å². The Morgan fingerprint density at radius 3 is 2.74 bits per heavy atom. The Labute approximate surface area is 143 Å². The molecule has 1 unspecified atom stereocenters. The molecule has 0 radical (unpaired) electrons. The molecule has 1 aromatic heterocycles. The first-order valence-electron chi connectivity index (χ1n) is 7.80. The number of aromatic nitrogens is 1. The van der Waals surface area contributed by atoms with Crippen LogP contribution in [-0.4, -0.2) is 35.4 Å². The number of carbonyl (C=O) groups excluding carboxylic acids is 1. The van der Waals surface area contributed by atoms with Crippen LogP contribution in [0, 0.1) is 0 Å². The summed E-state index contributed by atoms with van der Waals surface area (Å²) in [6, 6.07) is 11.9. The molecule has 23 heavy (non-hydrogen) atoms. The van der Waals surface area contributed by atoms with Crippen molar-refractivity contribution in [1.82, 2.24) is 15.2 Å². The minimum atomic E-state index is 0. The molecular weight excluding hydrogens is 310 g/mol. The monoisotopic (exact) mass is 331 g/mol. The zero-order valence-corrected chi connectivity index (χ0v) is 14.1. The number of amides is 1. The summed E-state index contributed by atoms with van der Waals surface area (Å²) in [5.74, 6) is 0.0954. The van der Waals surface area contributed by atoms with Crippen LogP contribution in [-0.2, 0) is 6.42 Å². The zero-order chi connectivity index (χ0) is 15.4. The van der Waals surface area contributed by atoms with Crippen LogP contribution in [0.4, 0.5) is 0 Å². The van der Waals surface area contributed by atoms with Gasteiger partial charge in [0, 0.05) is 37.6 Å². The fraction of sp³-hybridized carbons (Fsp3) is 0.333. The number of benzene rings is 1. The molecule has 0 saturated carbocycles. The van der Waals surface area contributed by atoms with E-state index in [1.54, 1.807) is 6.20 Å². The molecule has 5 heteroatoms. The zero-order valence-electron chi connectivity index (χ0n) is 13.2. The van der Waals surface area contributed by atoms with Gasteiger partial charge in [0.1, 0.15) is 0 Å². The Bertz CT molecular complexity index is 630. The lowest BCUT2D eigenvalue weighted by Gasteiger charge is -2.36. The van der Waals surface area contributed by atoms with Gasteiger partial charge in [-0.3, -0.25) is 9.78 Å². The SMILES string of the molecule is CCc1ccc(C(=O)N2CCNCC2c2cccnc2)cc1.Cl. The van der Waals surface area contributed by atoms with Gasteiger partial charge in [-0.2, -0.15) is 0 Å². The van der Waals surface area contributed by atoms with Crippen LogP contribution in [0.3, 0.4) is 0 Å². The fourth-order valence-corrected chi connectivity index (χ4v) is 2.87. The number of hydrogen-bond donors (Lipinski definition) is 1. The van der Waals surface area contributed by atoms with E-state index < -0.39 is 0 Å². The number of hydrogen-bond acceptors (Lipinski definition) is 3. The Balaban J connectivity index is 0.00000192. The number of carbonyl (C=O) groups is 1. The molecule has 122 valence electrons. The molecule has 0 aliphatic carbocycles. The van der Waals surface area contributed by atoms with Gasteiger partial charge in [-0.1, -0.05) is 25.1 Å². The molecule has 4 nitrogen and oxygen atoms in total. The van der Waals surface area contributed by atoms with Gasteiger partial charge in [-0.25, -0.2) is 0 Å². The maximum absolute atomic E-state index is 12.9. The molecule has 2 aromatic rings.